The fourth-order valence-corrected chi connectivity index (χ4v) is 2.24. The molecule has 2 N–H and O–H groups in total. The number of fused-ring (bicyclic) bond motifs is 1. The first-order chi connectivity index (χ1) is 10.9. The van der Waals surface area contributed by atoms with Gasteiger partial charge in [-0.3, -0.25) is 10.1 Å². The summed E-state index contributed by atoms with van der Waals surface area (Å²) in [5.74, 6) is -2.02. The predicted molar refractivity (Wildman–Crippen MR) is 76.6 cm³/mol. The van der Waals surface area contributed by atoms with Gasteiger partial charge >= 0.3 is 0 Å². The van der Waals surface area contributed by atoms with Gasteiger partial charge < -0.3 is 10.3 Å². The van der Waals surface area contributed by atoms with Crippen molar-refractivity contribution in [1.82, 2.24) is 19.5 Å². The van der Waals surface area contributed by atoms with Gasteiger partial charge in [0.25, 0.3) is 5.69 Å². The summed E-state index contributed by atoms with van der Waals surface area (Å²) >= 11 is 0. The number of nitrogens with two attached hydrogens (primary N) is 1. The number of nitro groups is 1. The van der Waals surface area contributed by atoms with E-state index in [-0.39, 0.29) is 18.1 Å². The van der Waals surface area contributed by atoms with Gasteiger partial charge in [-0.05, 0) is 6.92 Å². The summed E-state index contributed by atoms with van der Waals surface area (Å²) in [7, 11) is 0. The third-order valence-corrected chi connectivity index (χ3v) is 3.32. The number of aryl methyl sites for hydroxylation is 1. The van der Waals surface area contributed by atoms with E-state index < -0.39 is 22.2 Å². The van der Waals surface area contributed by atoms with E-state index in [1.54, 1.807) is 6.92 Å². The number of nitro benzene ring substituents is 1. The highest BCUT2D eigenvalue weighted by atomic mass is 19.1. The van der Waals surface area contributed by atoms with E-state index in [1.807, 2.05) is 0 Å². The largest absolute Gasteiger partial charge is 0.368 e. The van der Waals surface area contributed by atoms with Crippen molar-refractivity contribution in [2.75, 3.05) is 5.73 Å². The van der Waals surface area contributed by atoms with Crippen LogP contribution >= 0.6 is 0 Å². The van der Waals surface area contributed by atoms with Crippen LogP contribution in [-0.4, -0.2) is 24.4 Å². The van der Waals surface area contributed by atoms with Crippen LogP contribution in [0.15, 0.2) is 18.5 Å². The number of benzene rings is 1. The van der Waals surface area contributed by atoms with Crippen LogP contribution in [0.25, 0.3) is 11.2 Å². The molecule has 0 aliphatic rings. The van der Waals surface area contributed by atoms with Crippen LogP contribution in [0.2, 0.25) is 0 Å². The Morgan fingerprint density at radius 2 is 1.96 bits per heavy atom. The number of hydrogen-bond acceptors (Lipinski definition) is 6. The Balaban J connectivity index is 2.08. The molecule has 23 heavy (non-hydrogen) atoms. The van der Waals surface area contributed by atoms with Gasteiger partial charge in [-0.15, -0.1) is 0 Å². The number of hydrogen-bond donors (Lipinski definition) is 1. The number of non-ortho nitro benzene ring substituents is 1. The Morgan fingerprint density at radius 1 is 1.30 bits per heavy atom. The van der Waals surface area contributed by atoms with Gasteiger partial charge in [0, 0.05) is 5.56 Å². The molecule has 0 saturated carbocycles. The average Bonchev–Trinajstić information content (AvgIpc) is 2.85. The summed E-state index contributed by atoms with van der Waals surface area (Å²) in [5, 5.41) is 10.6. The van der Waals surface area contributed by atoms with Crippen molar-refractivity contribution >= 4 is 22.8 Å². The van der Waals surface area contributed by atoms with Crippen molar-refractivity contribution < 1.29 is 13.7 Å². The molecule has 0 aliphatic heterocycles. The van der Waals surface area contributed by atoms with E-state index in [4.69, 9.17) is 5.73 Å². The molecule has 2 aromatic heterocycles. The molecule has 118 valence electrons. The maximum absolute atomic E-state index is 14.0. The molecule has 0 amide bonds. The predicted octanol–water partition coefficient (Wildman–Crippen LogP) is 1.95. The maximum atomic E-state index is 14.0. The number of anilines is 1. The molecule has 0 aliphatic carbocycles. The second kappa shape index (κ2) is 5.23. The van der Waals surface area contributed by atoms with Crippen molar-refractivity contribution in [2.45, 2.75) is 13.5 Å². The molecule has 0 radical (unpaired) electrons. The molecule has 8 nitrogen and oxygen atoms in total. The summed E-state index contributed by atoms with van der Waals surface area (Å²) in [4.78, 5) is 21.8. The van der Waals surface area contributed by atoms with Gasteiger partial charge in [0.1, 0.15) is 17.2 Å². The molecule has 3 aromatic rings. The Bertz CT molecular complexity index is 917. The highest BCUT2D eigenvalue weighted by Gasteiger charge is 2.19. The van der Waals surface area contributed by atoms with Crippen LogP contribution in [0.1, 0.15) is 11.3 Å². The first-order valence-electron chi connectivity index (χ1n) is 6.44. The zero-order valence-electron chi connectivity index (χ0n) is 11.8. The molecule has 0 atom stereocenters. The number of nitrogen functional groups attached to an aromatic ring is 1. The number of halogens is 2. The number of imidazole rings is 1. The first-order valence-corrected chi connectivity index (χ1v) is 6.44. The molecule has 0 bridgehead atoms. The minimum absolute atomic E-state index is 0.0152. The Morgan fingerprint density at radius 3 is 2.57 bits per heavy atom. The van der Waals surface area contributed by atoms with E-state index in [1.165, 1.54) is 10.9 Å². The summed E-state index contributed by atoms with van der Waals surface area (Å²) in [6.07, 6.45) is 1.35. The van der Waals surface area contributed by atoms with Crippen LogP contribution in [0.4, 0.5) is 20.4 Å². The molecular weight excluding hydrogens is 310 g/mol. The molecule has 10 heteroatoms. The minimum atomic E-state index is -1.02. The monoisotopic (exact) mass is 320 g/mol. The van der Waals surface area contributed by atoms with Gasteiger partial charge in [0.15, 0.2) is 5.65 Å². The third kappa shape index (κ3) is 2.54. The van der Waals surface area contributed by atoms with E-state index in [0.717, 1.165) is 0 Å². The number of aromatic nitrogens is 4. The lowest BCUT2D eigenvalue weighted by Gasteiger charge is -2.07. The van der Waals surface area contributed by atoms with Crippen molar-refractivity contribution in [3.8, 4) is 0 Å². The molecule has 0 fully saturated rings. The Kier molecular flexibility index (Phi) is 3.36. The standard InChI is InChI=1S/C13H10F2N6O2/c1-6-11-12(19-13(16)18-6)20(5-17-11)4-8-9(14)2-7(21(22)23)3-10(8)15/h2-3,5H,4H2,1H3,(H2,16,18,19). The summed E-state index contributed by atoms with van der Waals surface area (Å²) in [6, 6.07) is 1.35. The van der Waals surface area contributed by atoms with E-state index >= 15 is 0 Å². The normalized spacial score (nSPS) is 11.1. The van der Waals surface area contributed by atoms with E-state index in [2.05, 4.69) is 15.0 Å². The molecule has 3 rings (SSSR count). The fraction of sp³-hybridized carbons (Fsp3) is 0.154. The minimum Gasteiger partial charge on any atom is -0.368 e. The van der Waals surface area contributed by atoms with E-state index in [9.17, 15) is 18.9 Å². The van der Waals surface area contributed by atoms with Gasteiger partial charge in [-0.25, -0.2) is 18.7 Å². The van der Waals surface area contributed by atoms with Gasteiger partial charge in [-0.1, -0.05) is 0 Å². The summed E-state index contributed by atoms with van der Waals surface area (Å²) in [6.45, 7) is 1.45. The SMILES string of the molecule is Cc1nc(N)nc2c1ncn2Cc1c(F)cc([N+](=O)[O-])cc1F. The van der Waals surface area contributed by atoms with Gasteiger partial charge in [0.05, 0.1) is 35.6 Å². The van der Waals surface area contributed by atoms with Crippen molar-refractivity contribution in [1.29, 1.82) is 0 Å². The number of nitrogens with zero attached hydrogens (tertiary/aromatic N) is 5. The van der Waals surface area contributed by atoms with Gasteiger partial charge in [0.2, 0.25) is 5.95 Å². The molecule has 1 aromatic carbocycles. The van der Waals surface area contributed by atoms with Crippen LogP contribution in [0.3, 0.4) is 0 Å². The molecular formula is C13H10F2N6O2. The molecule has 0 unspecified atom stereocenters. The maximum Gasteiger partial charge on any atom is 0.275 e. The lowest BCUT2D eigenvalue weighted by molar-refractivity contribution is -0.385. The first kappa shape index (κ1) is 14.8. The van der Waals surface area contributed by atoms with E-state index in [0.29, 0.717) is 29.0 Å². The third-order valence-electron chi connectivity index (χ3n) is 3.32. The molecule has 2 heterocycles. The lowest BCUT2D eigenvalue weighted by Crippen LogP contribution is -2.07. The Labute approximate surface area is 127 Å². The molecule has 0 spiro atoms. The second-order valence-electron chi connectivity index (χ2n) is 4.86. The zero-order chi connectivity index (χ0) is 16.7. The molecule has 0 saturated heterocycles. The van der Waals surface area contributed by atoms with Crippen LogP contribution in [-0.2, 0) is 6.54 Å². The highest BCUT2D eigenvalue weighted by Crippen LogP contribution is 2.23. The second-order valence-corrected chi connectivity index (χ2v) is 4.86. The number of rotatable bonds is 3. The highest BCUT2D eigenvalue weighted by molar-refractivity contribution is 5.74. The topological polar surface area (TPSA) is 113 Å². The summed E-state index contributed by atoms with van der Waals surface area (Å²) < 4.78 is 29.4. The van der Waals surface area contributed by atoms with Crippen LogP contribution in [0, 0.1) is 28.7 Å². The lowest BCUT2D eigenvalue weighted by atomic mass is 10.1. The van der Waals surface area contributed by atoms with Crippen molar-refractivity contribution in [3.63, 3.8) is 0 Å². The van der Waals surface area contributed by atoms with Gasteiger partial charge in [-0.2, -0.15) is 4.98 Å². The van der Waals surface area contributed by atoms with Crippen LogP contribution < -0.4 is 5.73 Å². The Hall–Kier alpha value is -3.17. The quantitative estimate of drug-likeness (QED) is 0.583. The smallest absolute Gasteiger partial charge is 0.275 e. The summed E-state index contributed by atoms with van der Waals surface area (Å²) in [5.41, 5.74) is 5.92. The van der Waals surface area contributed by atoms with Crippen LogP contribution in [0.5, 0.6) is 0 Å². The van der Waals surface area contributed by atoms with Crippen molar-refractivity contribution in [2.24, 2.45) is 0 Å². The zero-order valence-corrected chi connectivity index (χ0v) is 11.8. The average molecular weight is 320 g/mol. The van der Waals surface area contributed by atoms with Crippen molar-refractivity contribution in [3.05, 3.63) is 51.5 Å². The fourth-order valence-electron chi connectivity index (χ4n) is 2.24.